The zero-order valence-corrected chi connectivity index (χ0v) is 23.7. The van der Waals surface area contributed by atoms with Gasteiger partial charge in [0, 0.05) is 36.0 Å². The summed E-state index contributed by atoms with van der Waals surface area (Å²) < 4.78 is 22.7. The van der Waals surface area contributed by atoms with Crippen LogP contribution in [0.3, 0.4) is 0 Å². The van der Waals surface area contributed by atoms with Crippen molar-refractivity contribution in [2.24, 2.45) is 5.92 Å². The number of hydrogen-bond acceptors (Lipinski definition) is 7. The van der Waals surface area contributed by atoms with E-state index in [1.54, 1.807) is 23.1 Å². The van der Waals surface area contributed by atoms with Crippen LogP contribution in [-0.2, 0) is 0 Å². The van der Waals surface area contributed by atoms with Gasteiger partial charge in [0.1, 0.15) is 17.1 Å². The molecule has 3 heterocycles. The number of rotatable bonds is 6. The van der Waals surface area contributed by atoms with Crippen LogP contribution in [0.2, 0.25) is 0 Å². The summed E-state index contributed by atoms with van der Waals surface area (Å²) in [4.78, 5) is 27.1. The number of amides is 1. The fraction of sp³-hybridized carbons (Fsp3) is 0.406. The second kappa shape index (κ2) is 10.3. The lowest BCUT2D eigenvalue weighted by Crippen LogP contribution is -2.55. The van der Waals surface area contributed by atoms with Gasteiger partial charge in [-0.2, -0.15) is 9.97 Å². The van der Waals surface area contributed by atoms with Gasteiger partial charge in [0.05, 0.1) is 18.7 Å². The first-order chi connectivity index (χ1) is 20.3. The molecule has 3 aromatic carbocycles. The Morgan fingerprint density at radius 3 is 2.45 bits per heavy atom. The van der Waals surface area contributed by atoms with Gasteiger partial charge < -0.3 is 24.7 Å². The number of phenols is 1. The Labute approximate surface area is 243 Å². The predicted octanol–water partition coefficient (Wildman–Crippen LogP) is 5.34. The fourth-order valence-corrected chi connectivity index (χ4v) is 7.15. The molecule has 3 fully saturated rings. The van der Waals surface area contributed by atoms with E-state index in [2.05, 4.69) is 28.9 Å². The summed E-state index contributed by atoms with van der Waals surface area (Å²) in [6.07, 6.45) is 2.83. The monoisotopic (exact) mass is 571 g/mol. The lowest BCUT2D eigenvalue weighted by atomic mass is 9.79. The zero-order valence-electron chi connectivity index (χ0n) is 23.7. The molecule has 1 aliphatic carbocycles. The Kier molecular flexibility index (Phi) is 6.53. The van der Waals surface area contributed by atoms with Crippen molar-refractivity contribution in [2.45, 2.75) is 43.8 Å². The maximum absolute atomic E-state index is 16.6. The molecule has 2 N–H and O–H groups in total. The number of hydrogen-bond donors (Lipinski definition) is 2. The van der Waals surface area contributed by atoms with E-state index >= 15 is 4.39 Å². The van der Waals surface area contributed by atoms with Crippen LogP contribution in [-0.4, -0.2) is 88.0 Å². The molecule has 9 nitrogen and oxygen atoms in total. The Bertz CT molecular complexity index is 1680. The lowest BCUT2D eigenvalue weighted by molar-refractivity contribution is 0.0612. The average Bonchev–Trinajstić information content (AvgIpc) is 3.22. The Hall–Kier alpha value is -4.18. The molecule has 218 valence electrons. The standard InChI is InChI=1S/C32H34FN5O4/c1-36(2)27-12-7-19(27)17-42-31-34-29-25(30(35-31)37-15-20-8-9-21(16-37)38(20)32(40)41)11-10-24(28(29)33)26-14-22(39)13-18-5-3-4-6-23(18)26/h3-6,10-11,13-14,19-21,27,39H,7-9,12,15-17H2,1-2H3,(H,40,41)/t19-,20?,21?,27-/m0/s1. The second-order valence-electron chi connectivity index (χ2n) is 12.0. The summed E-state index contributed by atoms with van der Waals surface area (Å²) in [6, 6.07) is 14.6. The number of aromatic hydroxyl groups is 1. The molecule has 10 heteroatoms. The molecule has 1 aromatic heterocycles. The van der Waals surface area contributed by atoms with Crippen LogP contribution < -0.4 is 9.64 Å². The molecule has 2 bridgehead atoms. The van der Waals surface area contributed by atoms with E-state index in [4.69, 9.17) is 9.72 Å². The molecule has 7 rings (SSSR count). The molecule has 3 aliphatic rings. The quantitative estimate of drug-likeness (QED) is 0.320. The molecule has 4 atom stereocenters. The van der Waals surface area contributed by atoms with Gasteiger partial charge in [-0.3, -0.25) is 4.90 Å². The molecule has 2 aliphatic heterocycles. The predicted molar refractivity (Wildman–Crippen MR) is 159 cm³/mol. The van der Waals surface area contributed by atoms with Crippen LogP contribution in [0.25, 0.3) is 32.8 Å². The number of fused-ring (bicyclic) bond motifs is 4. The average molecular weight is 572 g/mol. The summed E-state index contributed by atoms with van der Waals surface area (Å²) in [5.74, 6) is 0.436. The van der Waals surface area contributed by atoms with Gasteiger partial charge >= 0.3 is 12.1 Å². The number of carbonyl (C=O) groups is 1. The summed E-state index contributed by atoms with van der Waals surface area (Å²) in [6.45, 7) is 1.38. The third kappa shape index (κ3) is 4.45. The number of aromatic nitrogens is 2. The summed E-state index contributed by atoms with van der Waals surface area (Å²) in [7, 11) is 4.13. The summed E-state index contributed by atoms with van der Waals surface area (Å²) >= 11 is 0. The first-order valence-corrected chi connectivity index (χ1v) is 14.6. The largest absolute Gasteiger partial charge is 0.508 e. The topological polar surface area (TPSA) is 102 Å². The Morgan fingerprint density at radius 2 is 1.76 bits per heavy atom. The van der Waals surface area contributed by atoms with Crippen molar-refractivity contribution >= 4 is 33.6 Å². The van der Waals surface area contributed by atoms with Crippen LogP contribution in [0.4, 0.5) is 15.0 Å². The van der Waals surface area contributed by atoms with Crippen molar-refractivity contribution in [2.75, 3.05) is 38.7 Å². The molecular formula is C32H34FN5O4. The van der Waals surface area contributed by atoms with Gasteiger partial charge in [0.2, 0.25) is 0 Å². The summed E-state index contributed by atoms with van der Waals surface area (Å²) in [5.41, 5.74) is 1.04. The molecule has 2 saturated heterocycles. The van der Waals surface area contributed by atoms with Gasteiger partial charge in [-0.15, -0.1) is 0 Å². The van der Waals surface area contributed by atoms with E-state index in [-0.39, 0.29) is 29.4 Å². The van der Waals surface area contributed by atoms with Crippen LogP contribution in [0, 0.1) is 11.7 Å². The minimum Gasteiger partial charge on any atom is -0.508 e. The molecule has 42 heavy (non-hydrogen) atoms. The molecule has 1 amide bonds. The van der Waals surface area contributed by atoms with E-state index in [0.717, 1.165) is 36.5 Å². The molecule has 1 saturated carbocycles. The van der Waals surface area contributed by atoms with Crippen LogP contribution >= 0.6 is 0 Å². The second-order valence-corrected chi connectivity index (χ2v) is 12.0. The van der Waals surface area contributed by atoms with Crippen molar-refractivity contribution < 1.29 is 24.1 Å². The van der Waals surface area contributed by atoms with Gasteiger partial charge in [-0.1, -0.05) is 30.3 Å². The van der Waals surface area contributed by atoms with Crippen molar-refractivity contribution in [1.29, 1.82) is 0 Å². The van der Waals surface area contributed by atoms with E-state index in [1.807, 2.05) is 30.3 Å². The van der Waals surface area contributed by atoms with Crippen molar-refractivity contribution in [3.8, 4) is 22.9 Å². The van der Waals surface area contributed by atoms with Gasteiger partial charge in [0.15, 0.2) is 5.82 Å². The van der Waals surface area contributed by atoms with E-state index in [9.17, 15) is 15.0 Å². The Balaban J connectivity index is 1.32. The number of anilines is 1. The molecule has 0 spiro atoms. The number of ether oxygens (including phenoxy) is 1. The molecule has 4 aromatic rings. The highest BCUT2D eigenvalue weighted by molar-refractivity contribution is 6.01. The smallest absolute Gasteiger partial charge is 0.407 e. The van der Waals surface area contributed by atoms with Gasteiger partial charge in [-0.25, -0.2) is 9.18 Å². The summed E-state index contributed by atoms with van der Waals surface area (Å²) in [5, 5.41) is 22.4. The minimum atomic E-state index is -0.899. The zero-order chi connectivity index (χ0) is 29.1. The van der Waals surface area contributed by atoms with E-state index in [1.165, 1.54) is 0 Å². The third-order valence-corrected chi connectivity index (χ3v) is 9.37. The van der Waals surface area contributed by atoms with Crippen LogP contribution in [0.5, 0.6) is 11.8 Å². The van der Waals surface area contributed by atoms with Crippen LogP contribution in [0.15, 0.2) is 48.5 Å². The SMILES string of the molecule is CN(C)[C@H]1CC[C@H]1COc1nc(N2CC3CCC(C2)N3C(=O)O)c2ccc(-c3cc(O)cc4ccccc34)c(F)c2n1. The fourth-order valence-electron chi connectivity index (χ4n) is 7.15. The number of halogens is 1. The number of benzene rings is 3. The van der Waals surface area contributed by atoms with E-state index < -0.39 is 11.9 Å². The molecule has 2 unspecified atom stereocenters. The van der Waals surface area contributed by atoms with Crippen molar-refractivity contribution in [1.82, 2.24) is 19.8 Å². The highest BCUT2D eigenvalue weighted by Gasteiger charge is 2.43. The maximum Gasteiger partial charge on any atom is 0.407 e. The normalized spacial score (nSPS) is 23.5. The van der Waals surface area contributed by atoms with Crippen LogP contribution in [0.1, 0.15) is 25.7 Å². The lowest BCUT2D eigenvalue weighted by Gasteiger charge is -2.41. The maximum atomic E-state index is 16.6. The molecular weight excluding hydrogens is 537 g/mol. The number of carboxylic acid groups (broad SMARTS) is 1. The molecule has 0 radical (unpaired) electrons. The first-order valence-electron chi connectivity index (χ1n) is 14.6. The van der Waals surface area contributed by atoms with Crippen molar-refractivity contribution in [3.63, 3.8) is 0 Å². The Morgan fingerprint density at radius 1 is 1.00 bits per heavy atom. The number of phenolic OH excluding ortho intramolecular Hbond substituents is 1. The number of nitrogens with zero attached hydrogens (tertiary/aromatic N) is 5. The first kappa shape index (κ1) is 26.7. The van der Waals surface area contributed by atoms with Gasteiger partial charge in [-0.05, 0) is 74.3 Å². The van der Waals surface area contributed by atoms with Gasteiger partial charge in [0.25, 0.3) is 0 Å². The third-order valence-electron chi connectivity index (χ3n) is 9.37. The number of piperazine rings is 1. The highest BCUT2D eigenvalue weighted by Crippen LogP contribution is 2.40. The van der Waals surface area contributed by atoms with E-state index in [0.29, 0.717) is 54.0 Å². The minimum absolute atomic E-state index is 0.0540. The van der Waals surface area contributed by atoms with Crippen molar-refractivity contribution in [3.05, 3.63) is 54.3 Å². The highest BCUT2D eigenvalue weighted by atomic mass is 19.1.